The Kier molecular flexibility index (Phi) is 6.91. The number of hydrogen-bond donors (Lipinski definition) is 1. The van der Waals surface area contributed by atoms with E-state index < -0.39 is 5.60 Å². The van der Waals surface area contributed by atoms with Crippen molar-refractivity contribution >= 4 is 12.0 Å². The van der Waals surface area contributed by atoms with Gasteiger partial charge in [0.2, 0.25) is 5.91 Å². The molecular weight excluding hydrogens is 316 g/mol. The van der Waals surface area contributed by atoms with Crippen LogP contribution in [0, 0.1) is 11.8 Å². The van der Waals surface area contributed by atoms with E-state index in [4.69, 9.17) is 4.74 Å². The maximum atomic E-state index is 12.6. The van der Waals surface area contributed by atoms with E-state index in [0.717, 1.165) is 44.7 Å². The fourth-order valence-electron chi connectivity index (χ4n) is 3.52. The summed E-state index contributed by atoms with van der Waals surface area (Å²) in [7, 11) is 0. The first-order valence-corrected chi connectivity index (χ1v) is 9.68. The Hall–Kier alpha value is -1.52. The first-order chi connectivity index (χ1) is 11.7. The number of piperidine rings is 1. The Bertz CT molecular complexity index is 498. The lowest BCUT2D eigenvalue weighted by molar-refractivity contribution is -0.127. The molecule has 25 heavy (non-hydrogen) atoms. The molecule has 1 saturated carbocycles. The van der Waals surface area contributed by atoms with Crippen molar-refractivity contribution in [1.29, 1.82) is 0 Å². The molecule has 2 rings (SSSR count). The Morgan fingerprint density at radius 3 is 2.56 bits per heavy atom. The first-order valence-electron chi connectivity index (χ1n) is 9.68. The van der Waals surface area contributed by atoms with E-state index in [1.165, 1.54) is 18.4 Å². The summed E-state index contributed by atoms with van der Waals surface area (Å²) in [5.41, 5.74) is 0.819. The van der Waals surface area contributed by atoms with Gasteiger partial charge in [0.1, 0.15) is 5.60 Å². The van der Waals surface area contributed by atoms with Crippen LogP contribution in [0.3, 0.4) is 0 Å². The van der Waals surface area contributed by atoms with Crippen molar-refractivity contribution in [3.63, 3.8) is 0 Å². The van der Waals surface area contributed by atoms with Crippen molar-refractivity contribution in [2.24, 2.45) is 11.8 Å². The molecule has 2 aliphatic rings. The molecule has 0 aromatic heterocycles. The zero-order valence-corrected chi connectivity index (χ0v) is 16.3. The monoisotopic (exact) mass is 350 g/mol. The van der Waals surface area contributed by atoms with Crippen LogP contribution in [0.25, 0.3) is 0 Å². The molecule has 1 saturated heterocycles. The van der Waals surface area contributed by atoms with Gasteiger partial charge in [-0.05, 0) is 71.1 Å². The predicted octanol–water partition coefficient (Wildman–Crippen LogP) is 3.89. The summed E-state index contributed by atoms with van der Waals surface area (Å²) in [5.74, 6) is 1.23. The van der Waals surface area contributed by atoms with Crippen LogP contribution in [0.4, 0.5) is 4.79 Å². The van der Waals surface area contributed by atoms with Crippen molar-refractivity contribution < 1.29 is 14.3 Å². The fourth-order valence-corrected chi connectivity index (χ4v) is 3.52. The van der Waals surface area contributed by atoms with Crippen LogP contribution in [0.5, 0.6) is 0 Å². The highest BCUT2D eigenvalue weighted by Gasteiger charge is 2.24. The van der Waals surface area contributed by atoms with Gasteiger partial charge in [0, 0.05) is 25.7 Å². The first kappa shape index (κ1) is 19.8. The van der Waals surface area contributed by atoms with Gasteiger partial charge in [-0.1, -0.05) is 12.5 Å². The number of rotatable bonds is 3. The Morgan fingerprint density at radius 2 is 1.92 bits per heavy atom. The van der Waals surface area contributed by atoms with Crippen LogP contribution in [0.1, 0.15) is 66.2 Å². The van der Waals surface area contributed by atoms with Crippen LogP contribution in [0.15, 0.2) is 11.6 Å². The van der Waals surface area contributed by atoms with Gasteiger partial charge in [-0.25, -0.2) is 4.79 Å². The molecule has 1 aliphatic heterocycles. The van der Waals surface area contributed by atoms with Crippen molar-refractivity contribution in [2.75, 3.05) is 19.6 Å². The van der Waals surface area contributed by atoms with E-state index >= 15 is 0 Å². The molecule has 2 fully saturated rings. The number of nitrogens with one attached hydrogen (secondary N) is 1. The molecule has 5 nitrogen and oxygen atoms in total. The molecule has 2 amide bonds. The number of hydrogen-bond acceptors (Lipinski definition) is 3. The second-order valence-electron chi connectivity index (χ2n) is 8.66. The molecule has 0 aromatic carbocycles. The standard InChI is InChI=1S/C20H34N2O3/c1-15-7-9-16(10-8-15)12-18(23)22-11-5-6-17(14-22)13-21-19(24)25-20(2,3)4/h12,15,17H,5-11,13-14H2,1-4H3,(H,21,24). The second kappa shape index (κ2) is 8.72. The molecule has 142 valence electrons. The third-order valence-electron chi connectivity index (χ3n) is 5.01. The summed E-state index contributed by atoms with van der Waals surface area (Å²) in [6.07, 6.45) is 8.03. The van der Waals surface area contributed by atoms with Crippen molar-refractivity contribution in [2.45, 2.75) is 71.8 Å². The lowest BCUT2D eigenvalue weighted by Gasteiger charge is -2.33. The molecule has 1 atom stereocenters. The van der Waals surface area contributed by atoms with Gasteiger partial charge in [0.05, 0.1) is 0 Å². The normalized spacial score (nSPS) is 24.6. The number of carbonyl (C=O) groups excluding carboxylic acids is 2. The van der Waals surface area contributed by atoms with Gasteiger partial charge in [-0.3, -0.25) is 4.79 Å². The molecule has 1 unspecified atom stereocenters. The Morgan fingerprint density at radius 1 is 1.24 bits per heavy atom. The van der Waals surface area contributed by atoms with Crippen LogP contribution >= 0.6 is 0 Å². The van der Waals surface area contributed by atoms with Gasteiger partial charge in [-0.2, -0.15) is 0 Å². The summed E-state index contributed by atoms with van der Waals surface area (Å²) in [6.45, 7) is 9.95. The Labute approximate surface area is 152 Å². The molecular formula is C20H34N2O3. The largest absolute Gasteiger partial charge is 0.444 e. The summed E-state index contributed by atoms with van der Waals surface area (Å²) in [5, 5.41) is 2.84. The van der Waals surface area contributed by atoms with Gasteiger partial charge < -0.3 is 15.0 Å². The van der Waals surface area contributed by atoms with E-state index in [-0.39, 0.29) is 12.0 Å². The van der Waals surface area contributed by atoms with E-state index in [2.05, 4.69) is 12.2 Å². The third kappa shape index (κ3) is 7.09. The number of alkyl carbamates (subject to hydrolysis) is 1. The number of nitrogens with zero attached hydrogens (tertiary/aromatic N) is 1. The van der Waals surface area contributed by atoms with E-state index in [0.29, 0.717) is 12.5 Å². The number of allylic oxidation sites excluding steroid dienone is 1. The minimum atomic E-state index is -0.484. The highest BCUT2D eigenvalue weighted by molar-refractivity contribution is 5.88. The summed E-state index contributed by atoms with van der Waals surface area (Å²) in [4.78, 5) is 26.3. The minimum Gasteiger partial charge on any atom is -0.444 e. The van der Waals surface area contributed by atoms with E-state index in [9.17, 15) is 9.59 Å². The van der Waals surface area contributed by atoms with Crippen LogP contribution in [-0.4, -0.2) is 42.1 Å². The zero-order chi connectivity index (χ0) is 18.4. The average molecular weight is 351 g/mol. The molecule has 0 spiro atoms. The number of carbonyl (C=O) groups is 2. The average Bonchev–Trinajstić information content (AvgIpc) is 2.54. The molecule has 5 heteroatoms. The van der Waals surface area contributed by atoms with Crippen molar-refractivity contribution in [3.05, 3.63) is 11.6 Å². The maximum Gasteiger partial charge on any atom is 0.407 e. The zero-order valence-electron chi connectivity index (χ0n) is 16.3. The molecule has 1 N–H and O–H groups in total. The van der Waals surface area contributed by atoms with Crippen LogP contribution < -0.4 is 5.32 Å². The highest BCUT2D eigenvalue weighted by Crippen LogP contribution is 2.28. The predicted molar refractivity (Wildman–Crippen MR) is 99.3 cm³/mol. The van der Waals surface area contributed by atoms with Gasteiger partial charge in [0.15, 0.2) is 0 Å². The quantitative estimate of drug-likeness (QED) is 0.786. The van der Waals surface area contributed by atoms with E-state index in [1.807, 2.05) is 31.7 Å². The van der Waals surface area contributed by atoms with Crippen LogP contribution in [-0.2, 0) is 9.53 Å². The molecule has 0 bridgehead atoms. The molecule has 0 aromatic rings. The van der Waals surface area contributed by atoms with Crippen LogP contribution in [0.2, 0.25) is 0 Å². The molecule has 1 aliphatic carbocycles. The molecule has 1 heterocycles. The third-order valence-corrected chi connectivity index (χ3v) is 5.01. The summed E-state index contributed by atoms with van der Waals surface area (Å²) >= 11 is 0. The number of likely N-dealkylation sites (tertiary alicyclic amines) is 1. The highest BCUT2D eigenvalue weighted by atomic mass is 16.6. The minimum absolute atomic E-state index is 0.145. The lowest BCUT2D eigenvalue weighted by atomic mass is 9.87. The fraction of sp³-hybridized carbons (Fsp3) is 0.800. The number of amides is 2. The van der Waals surface area contributed by atoms with Gasteiger partial charge >= 0.3 is 6.09 Å². The Balaban J connectivity index is 1.79. The molecule has 0 radical (unpaired) electrons. The summed E-state index contributed by atoms with van der Waals surface area (Å²) < 4.78 is 5.27. The lowest BCUT2D eigenvalue weighted by Crippen LogP contribution is -2.44. The smallest absolute Gasteiger partial charge is 0.407 e. The van der Waals surface area contributed by atoms with Crippen molar-refractivity contribution in [1.82, 2.24) is 10.2 Å². The SMILES string of the molecule is CC1CCC(=CC(=O)N2CCCC(CNC(=O)OC(C)(C)C)C2)CC1. The topological polar surface area (TPSA) is 58.6 Å². The number of ether oxygens (including phenoxy) is 1. The van der Waals surface area contributed by atoms with Gasteiger partial charge in [0.25, 0.3) is 0 Å². The maximum absolute atomic E-state index is 12.6. The second-order valence-corrected chi connectivity index (χ2v) is 8.66. The van der Waals surface area contributed by atoms with Crippen molar-refractivity contribution in [3.8, 4) is 0 Å². The van der Waals surface area contributed by atoms with E-state index in [1.54, 1.807) is 0 Å². The summed E-state index contributed by atoms with van der Waals surface area (Å²) in [6, 6.07) is 0. The van der Waals surface area contributed by atoms with Gasteiger partial charge in [-0.15, -0.1) is 0 Å².